The van der Waals surface area contributed by atoms with Crippen molar-refractivity contribution in [2.75, 3.05) is 19.0 Å². The molecule has 0 aromatic heterocycles. The molecule has 0 radical (unpaired) electrons. The van der Waals surface area contributed by atoms with Gasteiger partial charge in [-0.25, -0.2) is 4.79 Å². The number of ether oxygens (including phenoxy) is 3. The van der Waals surface area contributed by atoms with E-state index in [2.05, 4.69) is 0 Å². The van der Waals surface area contributed by atoms with Gasteiger partial charge in [0.15, 0.2) is 0 Å². The van der Waals surface area contributed by atoms with Gasteiger partial charge < -0.3 is 14.2 Å². The minimum atomic E-state index is -0.413. The third-order valence-corrected chi connectivity index (χ3v) is 7.63. The van der Waals surface area contributed by atoms with E-state index in [9.17, 15) is 14.4 Å². The van der Waals surface area contributed by atoms with Crippen LogP contribution in [0.15, 0.2) is 35.9 Å². The summed E-state index contributed by atoms with van der Waals surface area (Å²) in [5.74, 6) is 0.302. The summed E-state index contributed by atoms with van der Waals surface area (Å²) in [5, 5.41) is -0.275. The zero-order chi connectivity index (χ0) is 26.6. The molecule has 0 spiro atoms. The quantitative estimate of drug-likeness (QED) is 0.0497. The summed E-state index contributed by atoms with van der Waals surface area (Å²) >= 11 is 8.16. The molecule has 1 aromatic rings. The third-order valence-electron chi connectivity index (χ3n) is 5.08. The highest BCUT2D eigenvalue weighted by Gasteiger charge is 2.17. The van der Waals surface area contributed by atoms with E-state index in [4.69, 9.17) is 26.4 Å². The standard InChI is InChI=1S/C27H38O6S3/c1-4-35-27(34)36-22(3)25(29)31-16-12-7-5-6-8-13-17-32-26(30)24(18-21(2)33-20-28)19-23-14-10-9-11-15-23/h9-11,14-15,19-22H,4-8,12-13,16-18H2,1-3H3/b24-19+. The van der Waals surface area contributed by atoms with Crippen LogP contribution in [0.3, 0.4) is 0 Å². The average molecular weight is 555 g/mol. The minimum Gasteiger partial charge on any atom is -0.465 e. The van der Waals surface area contributed by atoms with Crippen molar-refractivity contribution in [1.82, 2.24) is 0 Å². The lowest BCUT2D eigenvalue weighted by Gasteiger charge is -2.13. The Morgan fingerprint density at radius 1 is 0.972 bits per heavy atom. The molecule has 1 aromatic carbocycles. The number of esters is 2. The van der Waals surface area contributed by atoms with E-state index in [1.165, 1.54) is 11.8 Å². The normalized spacial score (nSPS) is 12.9. The van der Waals surface area contributed by atoms with Gasteiger partial charge in [-0.2, -0.15) is 0 Å². The number of hydrogen-bond acceptors (Lipinski definition) is 9. The number of benzene rings is 1. The molecular formula is C27H38O6S3. The summed E-state index contributed by atoms with van der Waals surface area (Å²) < 4.78 is 16.5. The first kappa shape index (κ1) is 32.2. The van der Waals surface area contributed by atoms with Gasteiger partial charge in [-0.15, -0.1) is 11.8 Å². The van der Waals surface area contributed by atoms with Crippen molar-refractivity contribution in [2.24, 2.45) is 0 Å². The van der Waals surface area contributed by atoms with Crippen molar-refractivity contribution in [3.8, 4) is 0 Å². The summed E-state index contributed by atoms with van der Waals surface area (Å²) in [6, 6.07) is 9.51. The second kappa shape index (κ2) is 20.2. The molecule has 2 atom stereocenters. The Morgan fingerprint density at radius 3 is 2.19 bits per heavy atom. The molecule has 0 N–H and O–H groups in total. The van der Waals surface area contributed by atoms with Crippen molar-refractivity contribution >= 4 is 63.8 Å². The van der Waals surface area contributed by atoms with Crippen molar-refractivity contribution in [2.45, 2.75) is 77.1 Å². The van der Waals surface area contributed by atoms with Crippen LogP contribution in [-0.4, -0.2) is 52.3 Å². The van der Waals surface area contributed by atoms with Crippen LogP contribution in [0.25, 0.3) is 6.08 Å². The van der Waals surface area contributed by atoms with Crippen LogP contribution in [0, 0.1) is 0 Å². The molecule has 0 bridgehead atoms. The second-order valence-electron chi connectivity index (χ2n) is 8.20. The van der Waals surface area contributed by atoms with Crippen molar-refractivity contribution < 1.29 is 28.6 Å². The lowest BCUT2D eigenvalue weighted by atomic mass is 10.1. The average Bonchev–Trinajstić information content (AvgIpc) is 2.85. The Balaban J connectivity index is 2.21. The molecule has 0 saturated heterocycles. The number of unbranched alkanes of at least 4 members (excludes halogenated alkanes) is 5. The molecule has 1 rings (SSSR count). The maximum Gasteiger partial charge on any atom is 0.334 e. The lowest BCUT2D eigenvalue weighted by Crippen LogP contribution is -2.18. The van der Waals surface area contributed by atoms with Crippen molar-refractivity contribution in [3.05, 3.63) is 41.5 Å². The SMILES string of the molecule is CCSC(=S)SC(C)C(=O)OCCCCCCCCOC(=O)/C(=C/c1ccccc1)CC(C)OC=O. The Bertz CT molecular complexity index is 828. The number of hydrogen-bond donors (Lipinski definition) is 0. The van der Waals surface area contributed by atoms with Gasteiger partial charge in [0.05, 0.1) is 13.2 Å². The molecule has 2 unspecified atom stereocenters. The van der Waals surface area contributed by atoms with E-state index in [-0.39, 0.29) is 17.2 Å². The molecule has 0 aliphatic rings. The maximum atomic E-state index is 12.6. The van der Waals surface area contributed by atoms with Gasteiger partial charge in [0.2, 0.25) is 0 Å². The number of thiocarbonyl (C=S) groups is 1. The Kier molecular flexibility index (Phi) is 18.1. The molecule has 0 aliphatic carbocycles. The van der Waals surface area contributed by atoms with E-state index in [0.29, 0.717) is 31.7 Å². The highest BCUT2D eigenvalue weighted by Crippen LogP contribution is 2.22. The van der Waals surface area contributed by atoms with Crippen LogP contribution in [0.4, 0.5) is 0 Å². The fraction of sp³-hybridized carbons (Fsp3) is 0.556. The predicted octanol–water partition coefficient (Wildman–Crippen LogP) is 6.61. The summed E-state index contributed by atoms with van der Waals surface area (Å²) in [6.07, 6.45) is 7.27. The number of rotatable bonds is 18. The molecule has 0 fully saturated rings. The fourth-order valence-electron chi connectivity index (χ4n) is 3.21. The van der Waals surface area contributed by atoms with Crippen LogP contribution in [0.5, 0.6) is 0 Å². The van der Waals surface area contributed by atoms with Crippen molar-refractivity contribution in [1.29, 1.82) is 0 Å². The number of carbonyl (C=O) groups is 3. The van der Waals surface area contributed by atoms with Gasteiger partial charge in [0.25, 0.3) is 6.47 Å². The van der Waals surface area contributed by atoms with Crippen LogP contribution in [0.2, 0.25) is 0 Å². The molecule has 6 nitrogen and oxygen atoms in total. The van der Waals surface area contributed by atoms with Gasteiger partial charge in [0.1, 0.15) is 14.9 Å². The summed E-state index contributed by atoms with van der Waals surface area (Å²) in [5.41, 5.74) is 1.37. The highest BCUT2D eigenvalue weighted by atomic mass is 32.2. The smallest absolute Gasteiger partial charge is 0.334 e. The van der Waals surface area contributed by atoms with E-state index >= 15 is 0 Å². The van der Waals surface area contributed by atoms with Crippen LogP contribution >= 0.6 is 35.7 Å². The predicted molar refractivity (Wildman–Crippen MR) is 153 cm³/mol. The number of carbonyl (C=O) groups excluding carboxylic acids is 3. The summed E-state index contributed by atoms with van der Waals surface area (Å²) in [4.78, 5) is 35.2. The Hall–Kier alpha value is -1.84. The first-order chi connectivity index (χ1) is 17.4. The zero-order valence-corrected chi connectivity index (χ0v) is 23.9. The highest BCUT2D eigenvalue weighted by molar-refractivity contribution is 8.47. The first-order valence-corrected chi connectivity index (χ1v) is 14.7. The van der Waals surface area contributed by atoms with E-state index < -0.39 is 6.10 Å². The Labute approximate surface area is 229 Å². The van der Waals surface area contributed by atoms with Gasteiger partial charge in [0, 0.05) is 12.0 Å². The van der Waals surface area contributed by atoms with Gasteiger partial charge in [-0.1, -0.05) is 86.9 Å². The third kappa shape index (κ3) is 15.3. The zero-order valence-electron chi connectivity index (χ0n) is 21.4. The van der Waals surface area contributed by atoms with Gasteiger partial charge in [-0.05, 0) is 44.1 Å². The minimum absolute atomic E-state index is 0.214. The second-order valence-corrected chi connectivity index (χ2v) is 12.0. The van der Waals surface area contributed by atoms with Gasteiger partial charge in [-0.3, -0.25) is 9.59 Å². The van der Waals surface area contributed by atoms with Crippen LogP contribution in [-0.2, 0) is 28.6 Å². The van der Waals surface area contributed by atoms with E-state index in [0.717, 1.165) is 53.4 Å². The lowest BCUT2D eigenvalue weighted by molar-refractivity contribution is -0.143. The fourth-order valence-corrected chi connectivity index (χ4v) is 5.74. The molecular weight excluding hydrogens is 516 g/mol. The van der Waals surface area contributed by atoms with Crippen LogP contribution < -0.4 is 0 Å². The van der Waals surface area contributed by atoms with E-state index in [1.54, 1.807) is 24.8 Å². The molecule has 9 heteroatoms. The first-order valence-electron chi connectivity index (χ1n) is 12.4. The monoisotopic (exact) mass is 554 g/mol. The maximum absolute atomic E-state index is 12.6. The molecule has 0 saturated carbocycles. The molecule has 0 aliphatic heterocycles. The number of thioether (sulfide) groups is 2. The molecule has 200 valence electrons. The molecule has 0 heterocycles. The molecule has 36 heavy (non-hydrogen) atoms. The molecule has 0 amide bonds. The van der Waals surface area contributed by atoms with Crippen LogP contribution in [0.1, 0.15) is 71.3 Å². The van der Waals surface area contributed by atoms with Crippen molar-refractivity contribution in [3.63, 3.8) is 0 Å². The largest absolute Gasteiger partial charge is 0.465 e. The summed E-state index contributed by atoms with van der Waals surface area (Å²) in [6.45, 7) is 6.76. The van der Waals surface area contributed by atoms with E-state index in [1.807, 2.05) is 44.2 Å². The summed E-state index contributed by atoms with van der Waals surface area (Å²) in [7, 11) is 0. The Morgan fingerprint density at radius 2 is 1.58 bits per heavy atom. The van der Waals surface area contributed by atoms with Gasteiger partial charge >= 0.3 is 11.9 Å². The topological polar surface area (TPSA) is 78.9 Å².